The number of amides is 1. The Bertz CT molecular complexity index is 683. The lowest BCUT2D eigenvalue weighted by Crippen LogP contribution is -2.39. The SMILES string of the molecule is C=CCn1nc(C(=O)N2CCCCC2)c2c1CC[C@@H](NCC1CCCCC1)C2. The molecular weight excluding hydrogens is 348 g/mol. The molecule has 2 fully saturated rings. The zero-order valence-electron chi connectivity index (χ0n) is 17.3. The van der Waals surface area contributed by atoms with E-state index in [1.807, 2.05) is 15.7 Å². The summed E-state index contributed by atoms with van der Waals surface area (Å²) in [6.07, 6.45) is 15.4. The molecular formula is C23H36N4O. The second kappa shape index (κ2) is 9.25. The molecule has 1 saturated heterocycles. The summed E-state index contributed by atoms with van der Waals surface area (Å²) < 4.78 is 2.02. The van der Waals surface area contributed by atoms with E-state index >= 15 is 0 Å². The van der Waals surface area contributed by atoms with Crippen LogP contribution in [0.5, 0.6) is 0 Å². The van der Waals surface area contributed by atoms with Crippen molar-refractivity contribution in [1.29, 1.82) is 0 Å². The quantitative estimate of drug-likeness (QED) is 0.761. The van der Waals surface area contributed by atoms with Gasteiger partial charge in [-0.25, -0.2) is 0 Å². The first-order valence-electron chi connectivity index (χ1n) is 11.5. The van der Waals surface area contributed by atoms with Crippen molar-refractivity contribution >= 4 is 5.91 Å². The fourth-order valence-electron chi connectivity index (χ4n) is 5.28. The normalized spacial score (nSPS) is 23.4. The van der Waals surface area contributed by atoms with Crippen molar-refractivity contribution in [3.63, 3.8) is 0 Å². The fraction of sp³-hybridized carbons (Fsp3) is 0.739. The van der Waals surface area contributed by atoms with Gasteiger partial charge in [-0.05, 0) is 63.8 Å². The van der Waals surface area contributed by atoms with E-state index in [1.165, 1.54) is 49.8 Å². The number of hydrogen-bond donors (Lipinski definition) is 1. The monoisotopic (exact) mass is 384 g/mol. The molecule has 1 aromatic rings. The van der Waals surface area contributed by atoms with Crippen molar-refractivity contribution in [2.24, 2.45) is 5.92 Å². The molecule has 1 N–H and O–H groups in total. The summed E-state index contributed by atoms with van der Waals surface area (Å²) >= 11 is 0. The second-order valence-corrected chi connectivity index (χ2v) is 8.95. The zero-order chi connectivity index (χ0) is 19.3. The average Bonchev–Trinajstić information content (AvgIpc) is 3.11. The Labute approximate surface area is 169 Å². The van der Waals surface area contributed by atoms with E-state index in [-0.39, 0.29) is 5.91 Å². The van der Waals surface area contributed by atoms with Crippen LogP contribution in [0, 0.1) is 5.92 Å². The molecule has 1 aromatic heterocycles. The number of piperidine rings is 1. The maximum absolute atomic E-state index is 13.2. The Balaban J connectivity index is 1.47. The smallest absolute Gasteiger partial charge is 0.274 e. The minimum absolute atomic E-state index is 0.145. The predicted molar refractivity (Wildman–Crippen MR) is 113 cm³/mol. The summed E-state index contributed by atoms with van der Waals surface area (Å²) in [6, 6.07) is 0.476. The number of allylic oxidation sites excluding steroid dienone is 1. The van der Waals surface area contributed by atoms with Crippen LogP contribution in [-0.2, 0) is 19.4 Å². The number of fused-ring (bicyclic) bond motifs is 1. The molecule has 0 radical (unpaired) electrons. The summed E-state index contributed by atoms with van der Waals surface area (Å²) in [6.45, 7) is 7.46. The summed E-state index contributed by atoms with van der Waals surface area (Å²) in [4.78, 5) is 15.2. The molecule has 28 heavy (non-hydrogen) atoms. The van der Waals surface area contributed by atoms with E-state index in [9.17, 15) is 4.79 Å². The van der Waals surface area contributed by atoms with Crippen molar-refractivity contribution in [2.45, 2.75) is 83.2 Å². The Kier molecular flexibility index (Phi) is 6.50. The van der Waals surface area contributed by atoms with Crippen LogP contribution in [0.3, 0.4) is 0 Å². The molecule has 0 unspecified atom stereocenters. The van der Waals surface area contributed by atoms with Crippen LogP contribution in [0.4, 0.5) is 0 Å². The zero-order valence-corrected chi connectivity index (χ0v) is 17.3. The Morgan fingerprint density at radius 2 is 1.86 bits per heavy atom. The fourth-order valence-corrected chi connectivity index (χ4v) is 5.28. The molecule has 1 aliphatic heterocycles. The van der Waals surface area contributed by atoms with Crippen molar-refractivity contribution in [3.8, 4) is 0 Å². The highest BCUT2D eigenvalue weighted by Gasteiger charge is 2.31. The standard InChI is InChI=1S/C23H36N4O/c1-2-13-27-21-12-11-19(24-17-18-9-5-3-6-10-18)16-20(21)22(25-27)23(28)26-14-7-4-8-15-26/h2,18-19,24H,1,3-17H2/t19-/m1/s1. The largest absolute Gasteiger partial charge is 0.337 e. The molecule has 2 heterocycles. The molecule has 1 atom stereocenters. The molecule has 154 valence electrons. The van der Waals surface area contributed by atoms with Gasteiger partial charge >= 0.3 is 0 Å². The molecule has 3 aliphatic rings. The third-order valence-electron chi connectivity index (χ3n) is 6.91. The first kappa shape index (κ1) is 19.7. The van der Waals surface area contributed by atoms with Crippen molar-refractivity contribution in [1.82, 2.24) is 20.0 Å². The summed E-state index contributed by atoms with van der Waals surface area (Å²) in [7, 11) is 0. The highest BCUT2D eigenvalue weighted by Crippen LogP contribution is 2.28. The number of nitrogens with one attached hydrogen (secondary N) is 1. The minimum Gasteiger partial charge on any atom is -0.337 e. The lowest BCUT2D eigenvalue weighted by molar-refractivity contribution is 0.0716. The van der Waals surface area contributed by atoms with Crippen molar-refractivity contribution < 1.29 is 4.79 Å². The van der Waals surface area contributed by atoms with Gasteiger partial charge in [0, 0.05) is 30.4 Å². The van der Waals surface area contributed by atoms with Crippen LogP contribution in [0.1, 0.15) is 79.5 Å². The van der Waals surface area contributed by atoms with Gasteiger partial charge in [-0.3, -0.25) is 9.48 Å². The van der Waals surface area contributed by atoms with Gasteiger partial charge in [-0.1, -0.05) is 25.3 Å². The molecule has 5 heteroatoms. The maximum Gasteiger partial charge on any atom is 0.274 e. The van der Waals surface area contributed by atoms with E-state index < -0.39 is 0 Å². The van der Waals surface area contributed by atoms with Crippen molar-refractivity contribution in [2.75, 3.05) is 19.6 Å². The summed E-state index contributed by atoms with van der Waals surface area (Å²) in [5.41, 5.74) is 3.17. The number of carbonyl (C=O) groups excluding carboxylic acids is 1. The first-order chi connectivity index (χ1) is 13.8. The lowest BCUT2D eigenvalue weighted by atomic mass is 9.87. The Morgan fingerprint density at radius 3 is 2.61 bits per heavy atom. The van der Waals surface area contributed by atoms with E-state index in [2.05, 4.69) is 11.9 Å². The van der Waals surface area contributed by atoms with Crippen LogP contribution in [0.2, 0.25) is 0 Å². The Hall–Kier alpha value is -1.62. The topological polar surface area (TPSA) is 50.2 Å². The van der Waals surface area contributed by atoms with Gasteiger partial charge in [0.2, 0.25) is 0 Å². The van der Waals surface area contributed by atoms with Crippen LogP contribution < -0.4 is 5.32 Å². The van der Waals surface area contributed by atoms with Gasteiger partial charge in [0.05, 0.1) is 6.54 Å². The highest BCUT2D eigenvalue weighted by molar-refractivity contribution is 5.94. The first-order valence-corrected chi connectivity index (χ1v) is 11.5. The molecule has 0 aromatic carbocycles. The molecule has 0 bridgehead atoms. The molecule has 5 nitrogen and oxygen atoms in total. The third kappa shape index (κ3) is 4.35. The van der Waals surface area contributed by atoms with Gasteiger partial charge in [0.1, 0.15) is 0 Å². The third-order valence-corrected chi connectivity index (χ3v) is 6.91. The second-order valence-electron chi connectivity index (χ2n) is 8.95. The summed E-state index contributed by atoms with van der Waals surface area (Å²) in [5, 5.41) is 8.60. The average molecular weight is 385 g/mol. The van der Waals surface area contributed by atoms with Crippen LogP contribution in [-0.4, -0.2) is 46.3 Å². The molecule has 4 rings (SSSR count). The predicted octanol–water partition coefficient (Wildman–Crippen LogP) is 3.72. The van der Waals surface area contributed by atoms with Crippen LogP contribution in [0.25, 0.3) is 0 Å². The number of likely N-dealkylation sites (tertiary alicyclic amines) is 1. The van der Waals surface area contributed by atoms with Crippen LogP contribution >= 0.6 is 0 Å². The van der Waals surface area contributed by atoms with Gasteiger partial charge in [-0.15, -0.1) is 6.58 Å². The number of aromatic nitrogens is 2. The maximum atomic E-state index is 13.2. The van der Waals surface area contributed by atoms with Gasteiger partial charge in [0.25, 0.3) is 5.91 Å². The van der Waals surface area contributed by atoms with Crippen molar-refractivity contribution in [3.05, 3.63) is 29.6 Å². The molecule has 1 amide bonds. The number of nitrogens with zero attached hydrogens (tertiary/aromatic N) is 3. The van der Waals surface area contributed by atoms with Gasteiger partial charge in [-0.2, -0.15) is 5.10 Å². The number of carbonyl (C=O) groups is 1. The van der Waals surface area contributed by atoms with Gasteiger partial charge in [0.15, 0.2) is 5.69 Å². The van der Waals surface area contributed by atoms with Crippen LogP contribution in [0.15, 0.2) is 12.7 Å². The number of hydrogen-bond acceptors (Lipinski definition) is 3. The van der Waals surface area contributed by atoms with E-state index in [0.717, 1.165) is 57.7 Å². The van der Waals surface area contributed by atoms with Gasteiger partial charge < -0.3 is 10.2 Å². The molecule has 1 saturated carbocycles. The highest BCUT2D eigenvalue weighted by atomic mass is 16.2. The number of rotatable bonds is 6. The van der Waals surface area contributed by atoms with E-state index in [1.54, 1.807) is 0 Å². The van der Waals surface area contributed by atoms with E-state index in [0.29, 0.717) is 18.3 Å². The summed E-state index contributed by atoms with van der Waals surface area (Å²) in [5.74, 6) is 0.986. The minimum atomic E-state index is 0.145. The molecule has 2 aliphatic carbocycles. The Morgan fingerprint density at radius 1 is 1.11 bits per heavy atom. The lowest BCUT2D eigenvalue weighted by Gasteiger charge is -2.29. The van der Waals surface area contributed by atoms with E-state index in [4.69, 9.17) is 5.10 Å². The molecule has 0 spiro atoms.